The van der Waals surface area contributed by atoms with Gasteiger partial charge in [-0.3, -0.25) is 0 Å². The summed E-state index contributed by atoms with van der Waals surface area (Å²) in [6.45, 7) is 3.74. The predicted molar refractivity (Wildman–Crippen MR) is 45.1 cm³/mol. The molecule has 0 spiro atoms. The van der Waals surface area contributed by atoms with E-state index in [0.29, 0.717) is 4.59 Å². The third kappa shape index (κ3) is 1.77. The van der Waals surface area contributed by atoms with Crippen LogP contribution < -0.4 is 0 Å². The average Bonchev–Trinajstić information content (AvgIpc) is 2.05. The van der Waals surface area contributed by atoms with Gasteiger partial charge in [-0.2, -0.15) is 0 Å². The minimum atomic E-state index is 0.473. The van der Waals surface area contributed by atoms with Crippen molar-refractivity contribution < 1.29 is 0 Å². The van der Waals surface area contributed by atoms with Crippen LogP contribution in [-0.4, -0.2) is 17.7 Å². The zero-order valence-electron chi connectivity index (χ0n) is 6.25. The molecule has 0 bridgehead atoms. The summed E-state index contributed by atoms with van der Waals surface area (Å²) < 4.78 is 0.473. The van der Waals surface area contributed by atoms with Gasteiger partial charge in [0.1, 0.15) is 0 Å². The Bertz CT molecular complexity index is 203. The third-order valence-electron chi connectivity index (χ3n) is 1.68. The molecule has 0 saturated carbocycles. The molecular weight excluding hydrogens is 115 g/mol. The summed E-state index contributed by atoms with van der Waals surface area (Å²) in [5.74, 6) is 0. The number of rotatable bonds is 2. The molecule has 0 radical (unpaired) electrons. The summed E-state index contributed by atoms with van der Waals surface area (Å²) in [6.07, 6.45) is 1.95. The Balaban J connectivity index is 2.84. The molecular formula is C9H9Li. The summed E-state index contributed by atoms with van der Waals surface area (Å²) in [5, 5.41) is 0. The van der Waals surface area contributed by atoms with Gasteiger partial charge in [-0.05, 0) is 0 Å². The van der Waals surface area contributed by atoms with Crippen molar-refractivity contribution in [3.05, 3.63) is 48.6 Å². The Morgan fingerprint density at radius 3 is 2.40 bits per heavy atom. The molecule has 1 aromatic carbocycles. The fourth-order valence-corrected chi connectivity index (χ4v) is 0.893. The van der Waals surface area contributed by atoms with Crippen LogP contribution in [-0.2, 0) is 0 Å². The fraction of sp³-hybridized carbons (Fsp3) is 0.111. The van der Waals surface area contributed by atoms with Crippen molar-refractivity contribution in [2.75, 3.05) is 0 Å². The molecule has 0 saturated heterocycles. The molecule has 0 nitrogen and oxygen atoms in total. The number of allylic oxidation sites excluding steroid dienone is 1. The molecule has 1 heteroatoms. The first-order valence-electron chi connectivity index (χ1n) is 3.52. The molecule has 1 aromatic rings. The van der Waals surface area contributed by atoms with Gasteiger partial charge in [-0.25, -0.2) is 0 Å². The summed E-state index contributed by atoms with van der Waals surface area (Å²) >= 11 is 2.14. The second-order valence-electron chi connectivity index (χ2n) is 2.44. The van der Waals surface area contributed by atoms with E-state index in [-0.39, 0.29) is 0 Å². The van der Waals surface area contributed by atoms with Crippen LogP contribution in [0, 0.1) is 0 Å². The van der Waals surface area contributed by atoms with E-state index in [1.54, 1.807) is 0 Å². The van der Waals surface area contributed by atoms with E-state index >= 15 is 0 Å². The van der Waals surface area contributed by atoms with Gasteiger partial charge in [0.15, 0.2) is 0 Å². The Hall–Kier alpha value is -0.443. The van der Waals surface area contributed by atoms with Crippen LogP contribution in [0.15, 0.2) is 43.0 Å². The SMILES string of the molecule is [Li][CH](C=C)c1ccccc1. The third-order valence-corrected chi connectivity index (χ3v) is 1.68. The van der Waals surface area contributed by atoms with Gasteiger partial charge >= 0.3 is 70.9 Å². The Labute approximate surface area is 71.2 Å². The van der Waals surface area contributed by atoms with Crippen molar-refractivity contribution in [1.82, 2.24) is 0 Å². The van der Waals surface area contributed by atoms with Crippen LogP contribution in [0.2, 0.25) is 0 Å². The van der Waals surface area contributed by atoms with Crippen LogP contribution in [0.5, 0.6) is 0 Å². The predicted octanol–water partition coefficient (Wildman–Crippen LogP) is 2.08. The zero-order chi connectivity index (χ0) is 7.40. The molecule has 1 unspecified atom stereocenters. The van der Waals surface area contributed by atoms with Gasteiger partial charge in [0.25, 0.3) is 0 Å². The monoisotopic (exact) mass is 124 g/mol. The van der Waals surface area contributed by atoms with Crippen molar-refractivity contribution in [1.29, 1.82) is 0 Å². The molecule has 0 N–H and O–H groups in total. The Morgan fingerprint density at radius 2 is 1.90 bits per heavy atom. The van der Waals surface area contributed by atoms with E-state index in [2.05, 4.69) is 48.6 Å². The van der Waals surface area contributed by atoms with E-state index < -0.39 is 0 Å². The number of benzene rings is 1. The van der Waals surface area contributed by atoms with Gasteiger partial charge in [-0.15, -0.1) is 0 Å². The van der Waals surface area contributed by atoms with Crippen molar-refractivity contribution in [2.24, 2.45) is 0 Å². The first-order valence-corrected chi connectivity index (χ1v) is 3.52. The van der Waals surface area contributed by atoms with E-state index in [1.165, 1.54) is 5.56 Å². The second kappa shape index (κ2) is 3.66. The van der Waals surface area contributed by atoms with Crippen molar-refractivity contribution >= 4 is 17.7 Å². The zero-order valence-corrected chi connectivity index (χ0v) is 6.25. The van der Waals surface area contributed by atoms with E-state index in [0.717, 1.165) is 0 Å². The van der Waals surface area contributed by atoms with Crippen molar-refractivity contribution in [3.63, 3.8) is 0 Å². The molecule has 0 aliphatic carbocycles. The van der Waals surface area contributed by atoms with Crippen LogP contribution in [0.4, 0.5) is 0 Å². The second-order valence-corrected chi connectivity index (χ2v) is 2.44. The van der Waals surface area contributed by atoms with E-state index in [4.69, 9.17) is 0 Å². The van der Waals surface area contributed by atoms with Gasteiger partial charge in [0, 0.05) is 0 Å². The van der Waals surface area contributed by atoms with Crippen LogP contribution in [0.25, 0.3) is 0 Å². The normalized spacial score (nSPS) is 12.6. The average molecular weight is 124 g/mol. The van der Waals surface area contributed by atoms with Gasteiger partial charge in [-0.1, -0.05) is 0 Å². The summed E-state index contributed by atoms with van der Waals surface area (Å²) in [5.41, 5.74) is 1.33. The van der Waals surface area contributed by atoms with Crippen molar-refractivity contribution in [2.45, 2.75) is 4.59 Å². The molecule has 0 heterocycles. The number of hydrogen-bond acceptors (Lipinski definition) is 0. The van der Waals surface area contributed by atoms with Gasteiger partial charge in [0.2, 0.25) is 0 Å². The fourth-order valence-electron chi connectivity index (χ4n) is 0.893. The van der Waals surface area contributed by atoms with Crippen molar-refractivity contribution in [3.8, 4) is 0 Å². The molecule has 1 atom stereocenters. The summed E-state index contributed by atoms with van der Waals surface area (Å²) in [4.78, 5) is 0. The molecule has 0 amide bonds. The first kappa shape index (κ1) is 7.66. The van der Waals surface area contributed by atoms with Crippen LogP contribution in [0.3, 0.4) is 0 Å². The molecule has 10 heavy (non-hydrogen) atoms. The summed E-state index contributed by atoms with van der Waals surface area (Å²) in [7, 11) is 0. The molecule has 0 fully saturated rings. The standard InChI is InChI=1S/C9H9.Li/c1-2-6-9-7-4-3-5-8-9;/h2-8H,1H2;. The van der Waals surface area contributed by atoms with Gasteiger partial charge < -0.3 is 0 Å². The quantitative estimate of drug-likeness (QED) is 0.418. The molecule has 0 aliphatic rings. The minimum absolute atomic E-state index is 0.473. The molecule has 0 aliphatic heterocycles. The molecule has 46 valence electrons. The summed E-state index contributed by atoms with van der Waals surface area (Å²) in [6, 6.07) is 10.4. The maximum absolute atomic E-state index is 3.74. The molecule has 0 aromatic heterocycles. The van der Waals surface area contributed by atoms with E-state index in [9.17, 15) is 0 Å². The number of hydrogen-bond donors (Lipinski definition) is 0. The Morgan fingerprint density at radius 1 is 1.30 bits per heavy atom. The topological polar surface area (TPSA) is 0 Å². The van der Waals surface area contributed by atoms with Crippen LogP contribution >= 0.6 is 0 Å². The van der Waals surface area contributed by atoms with Gasteiger partial charge in [0.05, 0.1) is 0 Å². The molecule has 1 rings (SSSR count). The van der Waals surface area contributed by atoms with Crippen LogP contribution in [0.1, 0.15) is 10.2 Å². The van der Waals surface area contributed by atoms with E-state index in [1.807, 2.05) is 12.1 Å². The maximum atomic E-state index is 3.74. The Kier molecular flexibility index (Phi) is 2.80. The first-order chi connectivity index (χ1) is 4.84.